The average Bonchev–Trinajstić information content (AvgIpc) is 2.43. The van der Waals surface area contributed by atoms with Crippen LogP contribution in [0, 0.1) is 5.92 Å². The zero-order chi connectivity index (χ0) is 17.1. The average molecular weight is 313 g/mol. The molecular weight excluding hydrogens is 282 g/mol. The van der Waals surface area contributed by atoms with Gasteiger partial charge in [-0.2, -0.15) is 0 Å². The topological polar surface area (TPSA) is 72.9 Å². The molecule has 1 atom stereocenters. The van der Waals surface area contributed by atoms with Gasteiger partial charge in [0.2, 0.25) is 5.91 Å². The molecule has 22 heavy (non-hydrogen) atoms. The largest absolute Gasteiger partial charge is 0.480 e. The Hall–Kier alpha value is -1.14. The maximum absolute atomic E-state index is 12.6. The number of piperidine rings is 1. The minimum absolute atomic E-state index is 0.147. The Balaban J connectivity index is 2.74. The summed E-state index contributed by atoms with van der Waals surface area (Å²) < 4.78 is 0. The highest BCUT2D eigenvalue weighted by Gasteiger charge is 2.39. The molecule has 1 aliphatic rings. The first kappa shape index (κ1) is 18.9. The quantitative estimate of drug-likeness (QED) is 0.766. The first-order chi connectivity index (χ1) is 10.1. The van der Waals surface area contributed by atoms with Crippen molar-refractivity contribution in [2.75, 3.05) is 27.2 Å². The molecule has 0 radical (unpaired) electrons. The Morgan fingerprint density at radius 2 is 1.77 bits per heavy atom. The van der Waals surface area contributed by atoms with Crippen molar-refractivity contribution >= 4 is 11.9 Å². The van der Waals surface area contributed by atoms with E-state index in [0.717, 1.165) is 25.9 Å². The van der Waals surface area contributed by atoms with Crippen LogP contribution in [0.25, 0.3) is 0 Å². The molecular formula is C16H31N3O3. The Bertz CT molecular complexity index is 401. The molecule has 0 aromatic carbocycles. The van der Waals surface area contributed by atoms with E-state index in [-0.39, 0.29) is 11.8 Å². The highest BCUT2D eigenvalue weighted by molar-refractivity contribution is 5.89. The number of carboxylic acids is 1. The number of carboxylic acid groups (broad SMARTS) is 1. The van der Waals surface area contributed by atoms with Crippen molar-refractivity contribution < 1.29 is 14.7 Å². The van der Waals surface area contributed by atoms with Crippen LogP contribution in [0.15, 0.2) is 0 Å². The number of nitrogens with zero attached hydrogens (tertiary/aromatic N) is 2. The molecule has 0 aliphatic carbocycles. The number of nitrogens with one attached hydrogen (secondary N) is 1. The molecule has 6 nitrogen and oxygen atoms in total. The number of carbonyl (C=O) groups is 2. The number of aliphatic carboxylic acids is 1. The molecule has 2 N–H and O–H groups in total. The van der Waals surface area contributed by atoms with Gasteiger partial charge in [-0.1, -0.05) is 13.8 Å². The number of rotatable bonds is 6. The highest BCUT2D eigenvalue weighted by Crippen LogP contribution is 2.23. The smallest absolute Gasteiger partial charge is 0.326 e. The molecule has 0 spiro atoms. The number of amides is 1. The maximum atomic E-state index is 12.6. The number of carbonyl (C=O) groups excluding carboxylic acids is 1. The van der Waals surface area contributed by atoms with Crippen LogP contribution in [-0.2, 0) is 9.59 Å². The Morgan fingerprint density at radius 3 is 2.18 bits per heavy atom. The molecule has 6 heteroatoms. The summed E-state index contributed by atoms with van der Waals surface area (Å²) in [5.41, 5.74) is -0.733. The van der Waals surface area contributed by atoms with Crippen molar-refractivity contribution in [3.05, 3.63) is 0 Å². The summed E-state index contributed by atoms with van der Waals surface area (Å²) in [5.74, 6) is -1.36. The number of hydrogen-bond donors (Lipinski definition) is 2. The molecule has 1 amide bonds. The molecule has 1 fully saturated rings. The predicted octanol–water partition coefficient (Wildman–Crippen LogP) is 1.02. The second kappa shape index (κ2) is 7.42. The summed E-state index contributed by atoms with van der Waals surface area (Å²) in [7, 11) is 4.06. The van der Waals surface area contributed by atoms with Crippen LogP contribution < -0.4 is 5.32 Å². The number of hydrogen-bond acceptors (Lipinski definition) is 4. The molecule has 1 saturated heterocycles. The highest BCUT2D eigenvalue weighted by atomic mass is 16.4. The van der Waals surface area contributed by atoms with Gasteiger partial charge in [0.05, 0.1) is 5.54 Å². The van der Waals surface area contributed by atoms with Crippen molar-refractivity contribution in [2.45, 2.75) is 58.2 Å². The Morgan fingerprint density at radius 1 is 1.27 bits per heavy atom. The molecule has 1 aliphatic heterocycles. The fourth-order valence-corrected chi connectivity index (χ4v) is 2.83. The van der Waals surface area contributed by atoms with E-state index < -0.39 is 17.6 Å². The molecule has 0 saturated carbocycles. The van der Waals surface area contributed by atoms with Crippen LogP contribution in [0.4, 0.5) is 0 Å². The van der Waals surface area contributed by atoms with Gasteiger partial charge in [-0.3, -0.25) is 9.69 Å². The molecule has 128 valence electrons. The second-order valence-electron chi connectivity index (χ2n) is 7.24. The SMILES string of the molecule is CC(C)C(NC(=O)C(C)(C)N(C)C1CCN(C)CC1)C(=O)O. The summed E-state index contributed by atoms with van der Waals surface area (Å²) >= 11 is 0. The third-order valence-electron chi connectivity index (χ3n) is 4.89. The molecule has 0 aromatic rings. The lowest BCUT2D eigenvalue weighted by atomic mass is 9.94. The Kier molecular flexibility index (Phi) is 6.38. The zero-order valence-corrected chi connectivity index (χ0v) is 14.7. The minimum atomic E-state index is -0.985. The zero-order valence-electron chi connectivity index (χ0n) is 14.7. The van der Waals surface area contributed by atoms with Crippen molar-refractivity contribution in [2.24, 2.45) is 5.92 Å². The third kappa shape index (κ3) is 4.43. The lowest BCUT2D eigenvalue weighted by molar-refractivity contribution is -0.145. The van der Waals surface area contributed by atoms with E-state index in [1.807, 2.05) is 20.9 Å². The van der Waals surface area contributed by atoms with Crippen LogP contribution in [-0.4, -0.2) is 71.6 Å². The monoisotopic (exact) mass is 313 g/mol. The molecule has 1 unspecified atom stereocenters. The van der Waals surface area contributed by atoms with Crippen LogP contribution >= 0.6 is 0 Å². The summed E-state index contributed by atoms with van der Waals surface area (Å²) in [6, 6.07) is -0.503. The van der Waals surface area contributed by atoms with E-state index in [4.69, 9.17) is 0 Å². The van der Waals surface area contributed by atoms with Crippen LogP contribution in [0.3, 0.4) is 0 Å². The van der Waals surface area contributed by atoms with E-state index in [2.05, 4.69) is 22.2 Å². The standard InChI is InChI=1S/C16H31N3O3/c1-11(2)13(14(20)21)17-15(22)16(3,4)19(6)12-7-9-18(5)10-8-12/h11-13H,7-10H2,1-6H3,(H,17,22)(H,20,21). The van der Waals surface area contributed by atoms with E-state index in [0.29, 0.717) is 6.04 Å². The van der Waals surface area contributed by atoms with Gasteiger partial charge >= 0.3 is 5.97 Å². The third-order valence-corrected chi connectivity index (χ3v) is 4.89. The van der Waals surface area contributed by atoms with Gasteiger partial charge in [0.1, 0.15) is 6.04 Å². The van der Waals surface area contributed by atoms with E-state index in [1.165, 1.54) is 0 Å². The summed E-state index contributed by atoms with van der Waals surface area (Å²) in [5, 5.41) is 11.9. The Labute approximate surface area is 133 Å². The summed E-state index contributed by atoms with van der Waals surface area (Å²) in [6.07, 6.45) is 2.05. The van der Waals surface area contributed by atoms with Gasteiger partial charge in [-0.05, 0) is 59.8 Å². The van der Waals surface area contributed by atoms with Crippen molar-refractivity contribution in [3.8, 4) is 0 Å². The molecule has 1 heterocycles. The van der Waals surface area contributed by atoms with Crippen LogP contribution in [0.1, 0.15) is 40.5 Å². The van der Waals surface area contributed by atoms with Crippen molar-refractivity contribution in [1.82, 2.24) is 15.1 Å². The van der Waals surface area contributed by atoms with Crippen molar-refractivity contribution in [1.29, 1.82) is 0 Å². The predicted molar refractivity (Wildman–Crippen MR) is 86.8 cm³/mol. The fourth-order valence-electron chi connectivity index (χ4n) is 2.83. The van der Waals surface area contributed by atoms with Crippen LogP contribution in [0.2, 0.25) is 0 Å². The minimum Gasteiger partial charge on any atom is -0.480 e. The lowest BCUT2D eigenvalue weighted by Crippen LogP contribution is -2.61. The first-order valence-corrected chi connectivity index (χ1v) is 8.02. The first-order valence-electron chi connectivity index (χ1n) is 8.02. The van der Waals surface area contributed by atoms with E-state index in [1.54, 1.807) is 13.8 Å². The van der Waals surface area contributed by atoms with E-state index in [9.17, 15) is 14.7 Å². The fraction of sp³-hybridized carbons (Fsp3) is 0.875. The molecule has 0 aromatic heterocycles. The maximum Gasteiger partial charge on any atom is 0.326 e. The van der Waals surface area contributed by atoms with Gasteiger partial charge in [0.15, 0.2) is 0 Å². The van der Waals surface area contributed by atoms with Gasteiger partial charge in [-0.25, -0.2) is 4.79 Å². The lowest BCUT2D eigenvalue weighted by Gasteiger charge is -2.43. The molecule has 0 bridgehead atoms. The normalized spacial score (nSPS) is 19.5. The number of likely N-dealkylation sites (tertiary alicyclic amines) is 1. The van der Waals surface area contributed by atoms with Gasteiger partial charge in [0.25, 0.3) is 0 Å². The van der Waals surface area contributed by atoms with Crippen LogP contribution in [0.5, 0.6) is 0 Å². The number of likely N-dealkylation sites (N-methyl/N-ethyl adjacent to an activating group) is 1. The van der Waals surface area contributed by atoms with Crippen molar-refractivity contribution in [3.63, 3.8) is 0 Å². The second-order valence-corrected chi connectivity index (χ2v) is 7.24. The summed E-state index contributed by atoms with van der Waals surface area (Å²) in [6.45, 7) is 9.37. The van der Waals surface area contributed by atoms with E-state index >= 15 is 0 Å². The van der Waals surface area contributed by atoms with Gasteiger partial charge in [-0.15, -0.1) is 0 Å². The van der Waals surface area contributed by atoms with Gasteiger partial charge in [0, 0.05) is 6.04 Å². The summed E-state index contributed by atoms with van der Waals surface area (Å²) in [4.78, 5) is 28.3. The van der Waals surface area contributed by atoms with Gasteiger partial charge < -0.3 is 15.3 Å². The molecule has 1 rings (SSSR count).